The molecule has 0 aliphatic carbocycles. The van der Waals surface area contributed by atoms with Crippen molar-refractivity contribution in [3.05, 3.63) is 60.3 Å². The number of methoxy groups -OCH3 is 1. The number of carbonyl (C=O) groups excluding carboxylic acids is 1. The lowest BCUT2D eigenvalue weighted by Gasteiger charge is -2.35. The van der Waals surface area contributed by atoms with Gasteiger partial charge in [-0.25, -0.2) is 26.0 Å². The first-order valence-electron chi connectivity index (χ1n) is 14.4. The fourth-order valence-electron chi connectivity index (χ4n) is 4.97. The molecule has 1 aliphatic rings. The van der Waals surface area contributed by atoms with Gasteiger partial charge in [-0.1, -0.05) is 32.9 Å². The lowest BCUT2D eigenvalue weighted by atomic mass is 9.96. The summed E-state index contributed by atoms with van der Waals surface area (Å²) in [5.41, 5.74) is 3.23. The molecular formula is C30H43ClFN5O6S2. The van der Waals surface area contributed by atoms with Crippen molar-refractivity contribution in [1.82, 2.24) is 18.8 Å². The highest BCUT2D eigenvalue weighted by molar-refractivity contribution is 8.13. The first-order valence-corrected chi connectivity index (χ1v) is 18.9. The summed E-state index contributed by atoms with van der Waals surface area (Å²) >= 11 is 0. The number of nitrogens with zero attached hydrogens (tertiary/aromatic N) is 5. The third-order valence-corrected chi connectivity index (χ3v) is 8.50. The molecule has 0 atom stereocenters. The predicted octanol–water partition coefficient (Wildman–Crippen LogP) is 4.29. The van der Waals surface area contributed by atoms with Crippen molar-refractivity contribution in [2.75, 3.05) is 70.3 Å². The summed E-state index contributed by atoms with van der Waals surface area (Å²) in [5, 5.41) is 0. The third kappa shape index (κ3) is 11.1. The second-order valence-electron chi connectivity index (χ2n) is 10.2. The monoisotopic (exact) mass is 687 g/mol. The van der Waals surface area contributed by atoms with Gasteiger partial charge in [0, 0.05) is 67.4 Å². The molecule has 0 bridgehead atoms. The van der Waals surface area contributed by atoms with Gasteiger partial charge in [-0.15, -0.1) is 0 Å². The summed E-state index contributed by atoms with van der Waals surface area (Å²) in [5.74, 6) is -0.140. The number of benzene rings is 1. The van der Waals surface area contributed by atoms with E-state index in [0.29, 0.717) is 43.0 Å². The molecule has 3 heterocycles. The van der Waals surface area contributed by atoms with Gasteiger partial charge in [-0.05, 0) is 55.0 Å². The molecule has 0 unspecified atom stereocenters. The molecule has 2 aromatic heterocycles. The van der Waals surface area contributed by atoms with E-state index in [-0.39, 0.29) is 5.82 Å². The first kappa shape index (κ1) is 38.1. The van der Waals surface area contributed by atoms with Crippen LogP contribution >= 0.6 is 10.7 Å². The van der Waals surface area contributed by atoms with Crippen LogP contribution in [0.15, 0.2) is 48.8 Å². The molecule has 0 saturated carbocycles. The highest BCUT2D eigenvalue weighted by Gasteiger charge is 2.33. The molecule has 1 saturated heterocycles. The second kappa shape index (κ2) is 17.0. The zero-order chi connectivity index (χ0) is 33.9. The number of pyridine rings is 1. The fraction of sp³-hybridized carbons (Fsp3) is 0.467. The molecule has 0 radical (unpaired) electrons. The van der Waals surface area contributed by atoms with E-state index in [9.17, 15) is 26.0 Å². The van der Waals surface area contributed by atoms with Crippen LogP contribution in [-0.2, 0) is 30.9 Å². The van der Waals surface area contributed by atoms with Gasteiger partial charge in [0.1, 0.15) is 17.3 Å². The largest absolute Gasteiger partial charge is 0.464 e. The number of piperazine rings is 1. The number of aromatic nitrogens is 2. The molecule has 1 aromatic carbocycles. The van der Waals surface area contributed by atoms with Crippen LogP contribution in [0.3, 0.4) is 0 Å². The van der Waals surface area contributed by atoms with Gasteiger partial charge < -0.3 is 19.1 Å². The normalized spacial score (nSPS) is 13.9. The van der Waals surface area contributed by atoms with Gasteiger partial charge in [0.15, 0.2) is 0 Å². The summed E-state index contributed by atoms with van der Waals surface area (Å²) in [6.45, 7) is 11.7. The second-order valence-corrected chi connectivity index (χ2v) is 15.2. The Bertz CT molecular complexity index is 1590. The van der Waals surface area contributed by atoms with E-state index < -0.39 is 25.0 Å². The molecule has 1 fully saturated rings. The average Bonchev–Trinajstić information content (AvgIpc) is 3.30. The van der Waals surface area contributed by atoms with E-state index in [0.717, 1.165) is 23.2 Å². The number of rotatable bonds is 8. The van der Waals surface area contributed by atoms with Crippen LogP contribution in [-0.4, -0.2) is 107 Å². The van der Waals surface area contributed by atoms with E-state index in [1.165, 1.54) is 49.4 Å². The van der Waals surface area contributed by atoms with Crippen LogP contribution in [0, 0.1) is 5.82 Å². The lowest BCUT2D eigenvalue weighted by Crippen LogP contribution is -2.49. The van der Waals surface area contributed by atoms with E-state index >= 15 is 0 Å². The molecule has 4 rings (SSSR count). The first-order chi connectivity index (χ1) is 21.1. The van der Waals surface area contributed by atoms with Crippen LogP contribution in [0.2, 0.25) is 0 Å². The van der Waals surface area contributed by atoms with E-state index in [4.69, 9.17) is 4.74 Å². The van der Waals surface area contributed by atoms with Crippen molar-refractivity contribution < 1.29 is 30.8 Å². The quantitative estimate of drug-likeness (QED) is 0.252. The van der Waals surface area contributed by atoms with Gasteiger partial charge >= 0.3 is 5.97 Å². The van der Waals surface area contributed by atoms with Crippen LogP contribution in [0.4, 0.5) is 10.2 Å². The van der Waals surface area contributed by atoms with Crippen molar-refractivity contribution in [3.63, 3.8) is 0 Å². The predicted molar refractivity (Wildman–Crippen MR) is 178 cm³/mol. The number of esters is 1. The molecule has 3 aromatic rings. The summed E-state index contributed by atoms with van der Waals surface area (Å²) in [6.07, 6.45) is 5.46. The Kier molecular flexibility index (Phi) is 14.4. The maximum Gasteiger partial charge on any atom is 0.355 e. The Labute approximate surface area is 271 Å². The van der Waals surface area contributed by atoms with Crippen molar-refractivity contribution >= 4 is 41.5 Å². The number of ether oxygens (including phenoxy) is 1. The van der Waals surface area contributed by atoms with E-state index in [1.807, 2.05) is 12.1 Å². The van der Waals surface area contributed by atoms with Crippen molar-refractivity contribution in [2.45, 2.75) is 20.8 Å². The van der Waals surface area contributed by atoms with Gasteiger partial charge in [-0.3, -0.25) is 4.98 Å². The molecule has 0 amide bonds. The van der Waals surface area contributed by atoms with Gasteiger partial charge in [-0.2, -0.15) is 4.31 Å². The Hall–Kier alpha value is -3.04. The maximum absolute atomic E-state index is 13.7. The molecule has 0 spiro atoms. The SMILES string of the molecule is CCN(CC)CC.COC(=O)c1c(-c2ccc(F)cc2)c(-c2ccncc2)c(N2CCN(S(C)(=O)=O)CC2)n1C.CS(=O)(=O)Cl. The molecular weight excluding hydrogens is 645 g/mol. The number of halogens is 2. The molecule has 1 aliphatic heterocycles. The fourth-order valence-corrected chi connectivity index (χ4v) is 5.80. The Morgan fingerprint density at radius 1 is 0.889 bits per heavy atom. The lowest BCUT2D eigenvalue weighted by molar-refractivity contribution is 0.0591. The Morgan fingerprint density at radius 3 is 1.76 bits per heavy atom. The smallest absolute Gasteiger partial charge is 0.355 e. The molecule has 250 valence electrons. The minimum Gasteiger partial charge on any atom is -0.464 e. The highest BCUT2D eigenvalue weighted by atomic mass is 35.7. The zero-order valence-electron chi connectivity index (χ0n) is 26.8. The van der Waals surface area contributed by atoms with Crippen molar-refractivity contribution in [2.24, 2.45) is 7.05 Å². The number of hydrogen-bond acceptors (Lipinski definition) is 9. The number of hydrogen-bond donors (Lipinski definition) is 0. The highest BCUT2D eigenvalue weighted by Crippen LogP contribution is 2.44. The summed E-state index contributed by atoms with van der Waals surface area (Å²) in [6, 6.07) is 9.66. The van der Waals surface area contributed by atoms with Crippen LogP contribution < -0.4 is 4.90 Å². The zero-order valence-corrected chi connectivity index (χ0v) is 29.2. The minimum absolute atomic E-state index is 0.330. The maximum atomic E-state index is 13.7. The molecule has 15 heteroatoms. The number of sulfonamides is 1. The Balaban J connectivity index is 0.000000500. The third-order valence-electron chi connectivity index (χ3n) is 7.19. The van der Waals surface area contributed by atoms with Gasteiger partial charge in [0.05, 0.1) is 19.6 Å². The van der Waals surface area contributed by atoms with Gasteiger partial charge in [0.2, 0.25) is 19.1 Å². The average molecular weight is 688 g/mol. The molecule has 45 heavy (non-hydrogen) atoms. The molecule has 11 nitrogen and oxygen atoms in total. The topological polar surface area (TPSA) is 122 Å². The molecule has 0 N–H and O–H groups in total. The summed E-state index contributed by atoms with van der Waals surface area (Å²) in [4.78, 5) is 21.5. The minimum atomic E-state index is -3.29. The summed E-state index contributed by atoms with van der Waals surface area (Å²) in [7, 11) is 1.12. The van der Waals surface area contributed by atoms with Crippen LogP contribution in [0.5, 0.6) is 0 Å². The Morgan fingerprint density at radius 2 is 1.36 bits per heavy atom. The van der Waals surface area contributed by atoms with Crippen LogP contribution in [0.1, 0.15) is 31.3 Å². The van der Waals surface area contributed by atoms with Crippen molar-refractivity contribution in [1.29, 1.82) is 0 Å². The van der Waals surface area contributed by atoms with Crippen molar-refractivity contribution in [3.8, 4) is 22.3 Å². The standard InChI is InChI=1S/C23H25FN4O4S.C6H15N.CH3ClO2S/c1-26-21(23(29)32-2)19(16-4-6-18(24)7-5-16)20(17-8-10-25-11-9-17)22(26)27-12-14-28(15-13-27)33(3,30)31;1-4-7(5-2)6-3;1-5(2,3)4/h4-11H,12-15H2,1-3H3;4-6H2,1-3H3;1H3. The van der Waals surface area contributed by atoms with E-state index in [2.05, 4.69) is 46.2 Å². The number of carbonyl (C=O) groups is 1. The van der Waals surface area contributed by atoms with Gasteiger partial charge in [0.25, 0.3) is 0 Å². The number of anilines is 1. The van der Waals surface area contributed by atoms with E-state index in [1.54, 1.807) is 36.1 Å². The summed E-state index contributed by atoms with van der Waals surface area (Å²) < 4.78 is 64.8. The van der Waals surface area contributed by atoms with Crippen LogP contribution in [0.25, 0.3) is 22.3 Å².